The Kier molecular flexibility index (Phi) is 4.81. The Hall–Kier alpha value is -3.08. The standard InChI is InChI=1S/C25H27N3O2/c1-17-15-18(2)28(26-17)16-19-11-13-27(14-12-19)25(29)24-20-7-3-5-9-22(20)30-23-10-6-4-8-21(23)24/h3-10,15,19,24H,11-14,16H2,1-2H3. The van der Waals surface area contributed by atoms with Crippen LogP contribution in [0, 0.1) is 19.8 Å². The summed E-state index contributed by atoms with van der Waals surface area (Å²) >= 11 is 0. The molecule has 5 heteroatoms. The number of hydrogen-bond donors (Lipinski definition) is 0. The Morgan fingerprint density at radius 1 is 1.00 bits per heavy atom. The van der Waals surface area contributed by atoms with Crippen molar-refractivity contribution in [2.45, 2.75) is 39.2 Å². The van der Waals surface area contributed by atoms with Gasteiger partial charge in [-0.1, -0.05) is 36.4 Å². The van der Waals surface area contributed by atoms with Crippen LogP contribution in [0.3, 0.4) is 0 Å². The lowest BCUT2D eigenvalue weighted by Crippen LogP contribution is -2.42. The third kappa shape index (κ3) is 3.38. The second kappa shape index (κ2) is 7.63. The highest BCUT2D eigenvalue weighted by atomic mass is 16.5. The number of rotatable bonds is 3. The van der Waals surface area contributed by atoms with Gasteiger partial charge < -0.3 is 9.64 Å². The molecule has 30 heavy (non-hydrogen) atoms. The first kappa shape index (κ1) is 18.9. The lowest BCUT2D eigenvalue weighted by atomic mass is 9.86. The minimum Gasteiger partial charge on any atom is -0.457 e. The number of aromatic nitrogens is 2. The summed E-state index contributed by atoms with van der Waals surface area (Å²) in [5.74, 6) is 2.02. The van der Waals surface area contributed by atoms with E-state index in [1.54, 1.807) is 0 Å². The number of piperidine rings is 1. The van der Waals surface area contributed by atoms with Crippen LogP contribution in [0.2, 0.25) is 0 Å². The zero-order valence-electron chi connectivity index (χ0n) is 17.5. The van der Waals surface area contributed by atoms with Gasteiger partial charge >= 0.3 is 0 Å². The number of aryl methyl sites for hydroxylation is 2. The highest BCUT2D eigenvalue weighted by molar-refractivity contribution is 5.89. The molecular weight excluding hydrogens is 374 g/mol. The van der Waals surface area contributed by atoms with Gasteiger partial charge in [0.1, 0.15) is 11.5 Å². The van der Waals surface area contributed by atoms with Crippen LogP contribution < -0.4 is 4.74 Å². The molecule has 0 N–H and O–H groups in total. The smallest absolute Gasteiger partial charge is 0.234 e. The maximum absolute atomic E-state index is 13.7. The first-order valence-corrected chi connectivity index (χ1v) is 10.8. The van der Waals surface area contributed by atoms with Crippen molar-refractivity contribution in [3.8, 4) is 11.5 Å². The molecule has 5 rings (SSSR count). The quantitative estimate of drug-likeness (QED) is 0.640. The van der Waals surface area contributed by atoms with Gasteiger partial charge in [-0.15, -0.1) is 0 Å². The summed E-state index contributed by atoms with van der Waals surface area (Å²) in [5, 5.41) is 4.60. The van der Waals surface area contributed by atoms with E-state index in [1.165, 1.54) is 5.69 Å². The number of ether oxygens (including phenoxy) is 1. The summed E-state index contributed by atoms with van der Waals surface area (Å²) in [6, 6.07) is 17.9. The first-order chi connectivity index (χ1) is 14.6. The zero-order valence-corrected chi connectivity index (χ0v) is 17.5. The molecule has 2 aliphatic rings. The number of likely N-dealkylation sites (tertiary alicyclic amines) is 1. The maximum atomic E-state index is 13.7. The van der Waals surface area contributed by atoms with E-state index in [4.69, 9.17) is 4.74 Å². The molecule has 0 saturated carbocycles. The summed E-state index contributed by atoms with van der Waals surface area (Å²) in [5.41, 5.74) is 4.20. The SMILES string of the molecule is Cc1cc(C)n(CC2CCN(C(=O)C3c4ccccc4Oc4ccccc43)CC2)n1. The van der Waals surface area contributed by atoms with Gasteiger partial charge in [-0.3, -0.25) is 9.48 Å². The van der Waals surface area contributed by atoms with Crippen LogP contribution in [0.15, 0.2) is 54.6 Å². The first-order valence-electron chi connectivity index (χ1n) is 10.8. The Morgan fingerprint density at radius 3 is 2.17 bits per heavy atom. The molecule has 1 amide bonds. The molecule has 0 radical (unpaired) electrons. The zero-order chi connectivity index (χ0) is 20.7. The predicted molar refractivity (Wildman–Crippen MR) is 116 cm³/mol. The molecule has 0 bridgehead atoms. The van der Waals surface area contributed by atoms with Crippen LogP contribution in [0.4, 0.5) is 0 Å². The van der Waals surface area contributed by atoms with E-state index in [1.807, 2.05) is 60.4 Å². The molecule has 154 valence electrons. The maximum Gasteiger partial charge on any atom is 0.234 e. The number of nitrogens with zero attached hydrogens (tertiary/aromatic N) is 3. The van der Waals surface area contributed by atoms with Gasteiger partial charge in [-0.2, -0.15) is 5.10 Å². The van der Waals surface area contributed by atoms with E-state index in [0.717, 1.165) is 60.8 Å². The lowest BCUT2D eigenvalue weighted by Gasteiger charge is -2.36. The number of benzene rings is 2. The van der Waals surface area contributed by atoms with Gasteiger partial charge in [-0.05, 0) is 50.8 Å². The topological polar surface area (TPSA) is 47.4 Å². The van der Waals surface area contributed by atoms with E-state index in [2.05, 4.69) is 22.8 Å². The highest BCUT2D eigenvalue weighted by Gasteiger charge is 2.36. The monoisotopic (exact) mass is 401 g/mol. The van der Waals surface area contributed by atoms with Gasteiger partial charge in [0.2, 0.25) is 5.91 Å². The van der Waals surface area contributed by atoms with E-state index >= 15 is 0 Å². The van der Waals surface area contributed by atoms with E-state index in [0.29, 0.717) is 5.92 Å². The fraction of sp³-hybridized carbons (Fsp3) is 0.360. The van der Waals surface area contributed by atoms with Crippen LogP contribution >= 0.6 is 0 Å². The van der Waals surface area contributed by atoms with Crippen molar-refractivity contribution in [1.82, 2.24) is 14.7 Å². The molecule has 5 nitrogen and oxygen atoms in total. The summed E-state index contributed by atoms with van der Waals surface area (Å²) in [6.45, 7) is 6.67. The van der Waals surface area contributed by atoms with E-state index in [-0.39, 0.29) is 11.8 Å². The molecule has 1 aromatic heterocycles. The molecule has 2 aromatic carbocycles. The highest BCUT2D eigenvalue weighted by Crippen LogP contribution is 2.44. The molecule has 2 aliphatic heterocycles. The molecule has 3 heterocycles. The average Bonchev–Trinajstić information content (AvgIpc) is 3.08. The number of fused-ring (bicyclic) bond motifs is 2. The van der Waals surface area contributed by atoms with Crippen molar-refractivity contribution in [1.29, 1.82) is 0 Å². The molecule has 0 atom stereocenters. The molecular formula is C25H27N3O2. The van der Waals surface area contributed by atoms with Crippen LogP contribution in [-0.4, -0.2) is 33.7 Å². The summed E-state index contributed by atoms with van der Waals surface area (Å²) in [7, 11) is 0. The number of carbonyl (C=O) groups excluding carboxylic acids is 1. The van der Waals surface area contributed by atoms with Gasteiger partial charge in [0, 0.05) is 36.5 Å². The van der Waals surface area contributed by atoms with Crippen molar-refractivity contribution in [3.63, 3.8) is 0 Å². The Labute approximate surface area is 177 Å². The van der Waals surface area contributed by atoms with E-state index in [9.17, 15) is 4.79 Å². The molecule has 0 aliphatic carbocycles. The molecule has 3 aromatic rings. The fourth-order valence-electron chi connectivity index (χ4n) is 4.80. The third-order valence-electron chi connectivity index (χ3n) is 6.39. The average molecular weight is 402 g/mol. The number of amides is 1. The number of hydrogen-bond acceptors (Lipinski definition) is 3. The van der Waals surface area contributed by atoms with Crippen LogP contribution in [0.25, 0.3) is 0 Å². The van der Waals surface area contributed by atoms with Crippen molar-refractivity contribution in [2.75, 3.05) is 13.1 Å². The predicted octanol–water partition coefficient (Wildman–Crippen LogP) is 4.68. The van der Waals surface area contributed by atoms with Crippen molar-refractivity contribution < 1.29 is 9.53 Å². The van der Waals surface area contributed by atoms with Crippen molar-refractivity contribution in [3.05, 3.63) is 77.1 Å². The van der Waals surface area contributed by atoms with Gasteiger partial charge in [0.05, 0.1) is 11.6 Å². The van der Waals surface area contributed by atoms with Crippen LogP contribution in [0.5, 0.6) is 11.5 Å². The second-order valence-corrected chi connectivity index (χ2v) is 8.49. The van der Waals surface area contributed by atoms with E-state index < -0.39 is 0 Å². The van der Waals surface area contributed by atoms with Crippen LogP contribution in [-0.2, 0) is 11.3 Å². The second-order valence-electron chi connectivity index (χ2n) is 8.49. The van der Waals surface area contributed by atoms with Crippen molar-refractivity contribution >= 4 is 5.91 Å². The molecule has 0 unspecified atom stereocenters. The summed E-state index contributed by atoms with van der Waals surface area (Å²) in [4.78, 5) is 15.7. The minimum absolute atomic E-state index is 0.183. The third-order valence-corrected chi connectivity index (χ3v) is 6.39. The Balaban J connectivity index is 1.33. The van der Waals surface area contributed by atoms with Gasteiger partial charge in [0.25, 0.3) is 0 Å². The molecule has 1 fully saturated rings. The van der Waals surface area contributed by atoms with Crippen LogP contribution in [0.1, 0.15) is 41.3 Å². The molecule has 0 spiro atoms. The Morgan fingerprint density at radius 2 is 1.60 bits per heavy atom. The largest absolute Gasteiger partial charge is 0.457 e. The fourth-order valence-corrected chi connectivity index (χ4v) is 4.80. The van der Waals surface area contributed by atoms with Gasteiger partial charge in [0.15, 0.2) is 0 Å². The Bertz CT molecular complexity index is 1030. The minimum atomic E-state index is -0.293. The normalized spacial score (nSPS) is 16.7. The number of para-hydroxylation sites is 2. The lowest BCUT2D eigenvalue weighted by molar-refractivity contribution is -0.133. The van der Waals surface area contributed by atoms with Gasteiger partial charge in [-0.25, -0.2) is 0 Å². The summed E-state index contributed by atoms with van der Waals surface area (Å²) < 4.78 is 8.17. The molecule has 1 saturated heterocycles. The number of carbonyl (C=O) groups is 1. The summed E-state index contributed by atoms with van der Waals surface area (Å²) in [6.07, 6.45) is 2.02. The van der Waals surface area contributed by atoms with Crippen molar-refractivity contribution in [2.24, 2.45) is 5.92 Å².